The number of carbonyl (C=O) groups excluding carboxylic acids is 1. The van der Waals surface area contributed by atoms with Crippen LogP contribution in [0.15, 0.2) is 18.2 Å². The van der Waals surface area contributed by atoms with Gasteiger partial charge in [0.1, 0.15) is 5.75 Å². The number of amides is 1. The molecule has 7 heteroatoms. The summed E-state index contributed by atoms with van der Waals surface area (Å²) in [6.07, 6.45) is 11.8. The Morgan fingerprint density at radius 3 is 2.82 bits per heavy atom. The highest BCUT2D eigenvalue weighted by molar-refractivity contribution is 5.93. The topological polar surface area (TPSA) is 81.9 Å². The fourth-order valence-corrected chi connectivity index (χ4v) is 4.19. The quantitative estimate of drug-likeness (QED) is 0.580. The van der Waals surface area contributed by atoms with E-state index < -0.39 is 0 Å². The molecule has 1 N–H and O–H groups in total. The van der Waals surface area contributed by atoms with E-state index >= 15 is 0 Å². The lowest BCUT2D eigenvalue weighted by Gasteiger charge is -2.17. The monoisotopic (exact) mass is 383 g/mol. The number of ether oxygens (including phenoxy) is 1. The average Bonchev–Trinajstić information content (AvgIpc) is 3.00. The van der Waals surface area contributed by atoms with Gasteiger partial charge in [-0.05, 0) is 66.3 Å². The Hall–Kier alpha value is -2.44. The first-order chi connectivity index (χ1) is 13.8. The maximum atomic E-state index is 11.4. The lowest BCUT2D eigenvalue weighted by Crippen LogP contribution is -2.18. The van der Waals surface area contributed by atoms with Gasteiger partial charge in [-0.2, -0.15) is 0 Å². The fraction of sp³-hybridized carbons (Fsp3) is 0.619. The number of anilines is 1. The maximum absolute atomic E-state index is 11.4. The van der Waals surface area contributed by atoms with Crippen molar-refractivity contribution >= 4 is 11.6 Å². The zero-order valence-corrected chi connectivity index (χ0v) is 16.4. The van der Waals surface area contributed by atoms with Crippen LogP contribution in [0.25, 0.3) is 0 Å². The zero-order chi connectivity index (χ0) is 19.2. The lowest BCUT2D eigenvalue weighted by molar-refractivity contribution is -0.116. The number of hydrogen-bond donors (Lipinski definition) is 1. The van der Waals surface area contributed by atoms with Gasteiger partial charge in [-0.3, -0.25) is 4.79 Å². The number of rotatable bonds is 7. The summed E-state index contributed by atoms with van der Waals surface area (Å²) in [6, 6.07) is 6.38. The summed E-state index contributed by atoms with van der Waals surface area (Å²) in [5.74, 6) is 1.97. The summed E-state index contributed by atoms with van der Waals surface area (Å²) in [5, 5.41) is 15.3. The van der Waals surface area contributed by atoms with Crippen LogP contribution in [0, 0.1) is 0 Å². The minimum atomic E-state index is 0.0901. The van der Waals surface area contributed by atoms with Crippen molar-refractivity contribution in [2.75, 3.05) is 11.9 Å². The number of nitrogens with one attached hydrogen (secondary N) is 1. The van der Waals surface area contributed by atoms with Crippen LogP contribution in [-0.2, 0) is 17.6 Å². The van der Waals surface area contributed by atoms with E-state index in [0.717, 1.165) is 48.5 Å². The normalized spacial score (nSPS) is 17.6. The molecule has 7 nitrogen and oxygen atoms in total. The Labute approximate surface area is 165 Å². The third-order valence-electron chi connectivity index (χ3n) is 5.77. The number of unbranched alkanes of at least 4 members (excludes halogenated alkanes) is 1. The molecule has 1 fully saturated rings. The molecule has 4 rings (SSSR count). The van der Waals surface area contributed by atoms with Crippen LogP contribution < -0.4 is 10.1 Å². The fourth-order valence-electron chi connectivity index (χ4n) is 4.19. The molecule has 1 aromatic heterocycles. The van der Waals surface area contributed by atoms with Gasteiger partial charge in [0.15, 0.2) is 5.82 Å². The van der Waals surface area contributed by atoms with Crippen molar-refractivity contribution in [3.63, 3.8) is 0 Å². The van der Waals surface area contributed by atoms with Crippen LogP contribution in [0.1, 0.15) is 75.2 Å². The second-order valence-corrected chi connectivity index (χ2v) is 7.86. The van der Waals surface area contributed by atoms with E-state index in [1.54, 1.807) is 0 Å². The average molecular weight is 383 g/mol. The van der Waals surface area contributed by atoms with Crippen molar-refractivity contribution in [1.82, 2.24) is 20.2 Å². The predicted molar refractivity (Wildman–Crippen MR) is 106 cm³/mol. The van der Waals surface area contributed by atoms with E-state index in [2.05, 4.69) is 25.5 Å². The standard InChI is InChI=1S/C21H29N5O2/c27-21-13-10-16-15-18(11-12-19(16)22-21)28-14-6-5-9-20-23-24-25-26(20)17-7-3-1-2-4-8-17/h11-12,15,17H,1-10,13-14H2,(H,22,27). The number of benzene rings is 1. The van der Waals surface area contributed by atoms with Gasteiger partial charge in [0.05, 0.1) is 12.6 Å². The Bertz CT molecular complexity index is 796. The van der Waals surface area contributed by atoms with Crippen molar-refractivity contribution in [1.29, 1.82) is 0 Å². The molecule has 1 aliphatic heterocycles. The number of fused-ring (bicyclic) bond motifs is 1. The predicted octanol–water partition coefficient (Wildman–Crippen LogP) is 3.85. The molecule has 2 heterocycles. The summed E-state index contributed by atoms with van der Waals surface area (Å²) >= 11 is 0. The van der Waals surface area contributed by atoms with E-state index in [1.165, 1.54) is 38.5 Å². The number of hydrogen-bond acceptors (Lipinski definition) is 5. The Morgan fingerprint density at radius 2 is 1.96 bits per heavy atom. The molecule has 2 aliphatic rings. The molecule has 28 heavy (non-hydrogen) atoms. The van der Waals surface area contributed by atoms with E-state index in [0.29, 0.717) is 19.1 Å². The van der Waals surface area contributed by atoms with Crippen LogP contribution in [0.4, 0.5) is 5.69 Å². The van der Waals surface area contributed by atoms with Crippen molar-refractivity contribution in [3.8, 4) is 5.75 Å². The zero-order valence-electron chi connectivity index (χ0n) is 16.4. The van der Waals surface area contributed by atoms with Gasteiger partial charge in [0.2, 0.25) is 5.91 Å². The number of aromatic nitrogens is 4. The van der Waals surface area contributed by atoms with Crippen molar-refractivity contribution in [2.45, 2.75) is 76.7 Å². The number of tetrazole rings is 1. The molecule has 150 valence electrons. The lowest BCUT2D eigenvalue weighted by atomic mass is 10.0. The summed E-state index contributed by atoms with van der Waals surface area (Å²) in [6.45, 7) is 0.677. The molecule has 1 aliphatic carbocycles. The number of carbonyl (C=O) groups is 1. The minimum absolute atomic E-state index is 0.0901. The molecule has 2 aromatic rings. The molecule has 0 radical (unpaired) electrons. The third-order valence-corrected chi connectivity index (χ3v) is 5.77. The van der Waals surface area contributed by atoms with Crippen molar-refractivity contribution in [2.24, 2.45) is 0 Å². The van der Waals surface area contributed by atoms with E-state index in [9.17, 15) is 4.79 Å². The first kappa shape index (κ1) is 18.9. The highest BCUT2D eigenvalue weighted by Crippen LogP contribution is 2.28. The molecule has 0 unspecified atom stereocenters. The van der Waals surface area contributed by atoms with Crippen molar-refractivity contribution < 1.29 is 9.53 Å². The molecule has 0 bridgehead atoms. The van der Waals surface area contributed by atoms with Gasteiger partial charge in [-0.15, -0.1) is 5.10 Å². The molecule has 0 atom stereocenters. The van der Waals surface area contributed by atoms with Crippen LogP contribution in [0.3, 0.4) is 0 Å². The highest BCUT2D eigenvalue weighted by atomic mass is 16.5. The number of aryl methyl sites for hydroxylation is 2. The smallest absolute Gasteiger partial charge is 0.224 e. The summed E-state index contributed by atoms with van der Waals surface area (Å²) in [7, 11) is 0. The molecular weight excluding hydrogens is 354 g/mol. The molecule has 1 amide bonds. The van der Waals surface area contributed by atoms with Gasteiger partial charge in [0, 0.05) is 18.5 Å². The van der Waals surface area contributed by atoms with Gasteiger partial charge < -0.3 is 10.1 Å². The maximum Gasteiger partial charge on any atom is 0.224 e. The third kappa shape index (κ3) is 4.69. The van der Waals surface area contributed by atoms with Crippen LogP contribution in [-0.4, -0.2) is 32.7 Å². The minimum Gasteiger partial charge on any atom is -0.494 e. The van der Waals surface area contributed by atoms with E-state index in [-0.39, 0.29) is 5.91 Å². The Balaban J connectivity index is 1.22. The van der Waals surface area contributed by atoms with Gasteiger partial charge in [-0.1, -0.05) is 25.7 Å². The Kier molecular flexibility index (Phi) is 6.19. The largest absolute Gasteiger partial charge is 0.494 e. The SMILES string of the molecule is O=C1CCc2cc(OCCCCc3nnnn3C3CCCCCC3)ccc2N1. The molecule has 1 saturated carbocycles. The molecular formula is C21H29N5O2. The second kappa shape index (κ2) is 9.17. The summed E-state index contributed by atoms with van der Waals surface area (Å²) < 4.78 is 7.98. The van der Waals surface area contributed by atoms with Gasteiger partial charge in [-0.25, -0.2) is 4.68 Å². The summed E-state index contributed by atoms with van der Waals surface area (Å²) in [4.78, 5) is 11.4. The summed E-state index contributed by atoms with van der Waals surface area (Å²) in [5.41, 5.74) is 2.06. The van der Waals surface area contributed by atoms with Crippen LogP contribution in [0.5, 0.6) is 5.75 Å². The van der Waals surface area contributed by atoms with Crippen molar-refractivity contribution in [3.05, 3.63) is 29.6 Å². The van der Waals surface area contributed by atoms with Gasteiger partial charge >= 0.3 is 0 Å². The second-order valence-electron chi connectivity index (χ2n) is 7.86. The first-order valence-electron chi connectivity index (χ1n) is 10.6. The molecule has 1 aromatic carbocycles. The Morgan fingerprint density at radius 1 is 1.11 bits per heavy atom. The molecule has 0 spiro atoms. The van der Waals surface area contributed by atoms with Crippen LogP contribution >= 0.6 is 0 Å². The van der Waals surface area contributed by atoms with Gasteiger partial charge in [0.25, 0.3) is 0 Å². The highest BCUT2D eigenvalue weighted by Gasteiger charge is 2.19. The first-order valence-corrected chi connectivity index (χ1v) is 10.6. The van der Waals surface area contributed by atoms with Crippen LogP contribution in [0.2, 0.25) is 0 Å². The number of nitrogens with zero attached hydrogens (tertiary/aromatic N) is 4. The molecule has 0 saturated heterocycles. The van der Waals surface area contributed by atoms with E-state index in [1.807, 2.05) is 18.2 Å². The van der Waals surface area contributed by atoms with E-state index in [4.69, 9.17) is 4.74 Å².